The lowest BCUT2D eigenvalue weighted by molar-refractivity contribution is -0.133. The topological polar surface area (TPSA) is 82.1 Å². The van der Waals surface area contributed by atoms with Crippen molar-refractivity contribution in [3.63, 3.8) is 0 Å². The SMILES string of the molecule is COc1ccc(C2OC3=CC(Br)=CC(=O)C3=C2C(=O)O)cc1OC. The molecule has 1 aromatic carbocycles. The van der Waals surface area contributed by atoms with Gasteiger partial charge in [0.15, 0.2) is 23.4 Å². The summed E-state index contributed by atoms with van der Waals surface area (Å²) in [6, 6.07) is 4.98. The predicted molar refractivity (Wildman–Crippen MR) is 88.1 cm³/mol. The fraction of sp³-hybridized carbons (Fsp3) is 0.176. The van der Waals surface area contributed by atoms with Crippen molar-refractivity contribution in [2.45, 2.75) is 6.10 Å². The lowest BCUT2D eigenvalue weighted by Crippen LogP contribution is -2.12. The third-order valence-corrected chi connectivity index (χ3v) is 4.21. The van der Waals surface area contributed by atoms with Crippen LogP contribution >= 0.6 is 15.9 Å². The molecule has 0 fully saturated rings. The van der Waals surface area contributed by atoms with Crippen LogP contribution in [0.5, 0.6) is 11.5 Å². The third kappa shape index (κ3) is 2.60. The summed E-state index contributed by atoms with van der Waals surface area (Å²) < 4.78 is 16.7. The van der Waals surface area contributed by atoms with Crippen molar-refractivity contribution < 1.29 is 28.9 Å². The molecule has 0 aromatic heterocycles. The second kappa shape index (κ2) is 6.16. The van der Waals surface area contributed by atoms with Gasteiger partial charge in [-0.25, -0.2) is 4.79 Å². The number of ether oxygens (including phenoxy) is 3. The van der Waals surface area contributed by atoms with Gasteiger partial charge in [-0.15, -0.1) is 0 Å². The zero-order valence-corrected chi connectivity index (χ0v) is 14.4. The van der Waals surface area contributed by atoms with Gasteiger partial charge in [0.1, 0.15) is 5.76 Å². The minimum Gasteiger partial charge on any atom is -0.493 e. The number of hydrogen-bond donors (Lipinski definition) is 1. The summed E-state index contributed by atoms with van der Waals surface area (Å²) in [5.41, 5.74) is 0.539. The Morgan fingerprint density at radius 1 is 1.21 bits per heavy atom. The van der Waals surface area contributed by atoms with Gasteiger partial charge in [0.2, 0.25) is 0 Å². The van der Waals surface area contributed by atoms with Crippen LogP contribution in [0.25, 0.3) is 0 Å². The average molecular weight is 393 g/mol. The van der Waals surface area contributed by atoms with E-state index in [4.69, 9.17) is 14.2 Å². The van der Waals surface area contributed by atoms with Gasteiger partial charge in [0.05, 0.1) is 25.4 Å². The molecular weight excluding hydrogens is 380 g/mol. The summed E-state index contributed by atoms with van der Waals surface area (Å²) in [5, 5.41) is 9.59. The van der Waals surface area contributed by atoms with Crippen LogP contribution in [0.15, 0.2) is 51.7 Å². The number of carboxylic acids is 1. The second-order valence-electron chi connectivity index (χ2n) is 5.11. The minimum atomic E-state index is -1.20. The van der Waals surface area contributed by atoms with Gasteiger partial charge in [-0.05, 0) is 18.2 Å². The Hall–Kier alpha value is -2.54. The number of halogens is 1. The first-order chi connectivity index (χ1) is 11.5. The Labute approximate surface area is 146 Å². The molecule has 1 aliphatic heterocycles. The second-order valence-corrected chi connectivity index (χ2v) is 6.02. The maximum Gasteiger partial charge on any atom is 0.336 e. The lowest BCUT2D eigenvalue weighted by Gasteiger charge is -2.16. The molecule has 124 valence electrons. The molecule has 1 N–H and O–H groups in total. The van der Waals surface area contributed by atoms with Crippen LogP contribution in [0, 0.1) is 0 Å². The smallest absolute Gasteiger partial charge is 0.336 e. The lowest BCUT2D eigenvalue weighted by atomic mass is 9.94. The third-order valence-electron chi connectivity index (χ3n) is 3.75. The summed E-state index contributed by atoms with van der Waals surface area (Å²) in [6.07, 6.45) is 2.00. The van der Waals surface area contributed by atoms with E-state index < -0.39 is 17.9 Å². The number of fused-ring (bicyclic) bond motifs is 1. The van der Waals surface area contributed by atoms with Crippen LogP contribution in [0.1, 0.15) is 11.7 Å². The first-order valence-electron chi connectivity index (χ1n) is 6.96. The highest BCUT2D eigenvalue weighted by atomic mass is 79.9. The van der Waals surface area contributed by atoms with Crippen LogP contribution in [-0.4, -0.2) is 31.1 Å². The molecule has 0 bridgehead atoms. The van der Waals surface area contributed by atoms with E-state index >= 15 is 0 Å². The van der Waals surface area contributed by atoms with E-state index in [1.54, 1.807) is 24.3 Å². The number of rotatable bonds is 4. The highest BCUT2D eigenvalue weighted by molar-refractivity contribution is 9.11. The summed E-state index contributed by atoms with van der Waals surface area (Å²) >= 11 is 3.22. The standard InChI is InChI=1S/C17H13BrO6/c1-22-11-4-3-8(5-12(11)23-2)16-15(17(20)21)14-10(19)6-9(18)7-13(14)24-16/h3-7,16H,1-2H3,(H,20,21). The van der Waals surface area contributed by atoms with E-state index in [-0.39, 0.29) is 16.9 Å². The number of benzene rings is 1. The summed E-state index contributed by atoms with van der Waals surface area (Å²) in [4.78, 5) is 23.9. The molecular formula is C17H13BrO6. The number of hydrogen-bond acceptors (Lipinski definition) is 5. The van der Waals surface area contributed by atoms with Crippen molar-refractivity contribution in [2.24, 2.45) is 0 Å². The van der Waals surface area contributed by atoms with Crippen LogP contribution in [0.2, 0.25) is 0 Å². The van der Waals surface area contributed by atoms with Crippen LogP contribution in [0.4, 0.5) is 0 Å². The highest BCUT2D eigenvalue weighted by Crippen LogP contribution is 2.45. The molecule has 0 saturated heterocycles. The number of carbonyl (C=O) groups is 2. The molecule has 1 aliphatic carbocycles. The van der Waals surface area contributed by atoms with Gasteiger partial charge in [0, 0.05) is 16.1 Å². The van der Waals surface area contributed by atoms with E-state index in [2.05, 4.69) is 15.9 Å². The molecule has 2 aliphatic rings. The molecule has 0 spiro atoms. The van der Waals surface area contributed by atoms with Crippen LogP contribution in [0.3, 0.4) is 0 Å². The quantitative estimate of drug-likeness (QED) is 0.847. The molecule has 7 heteroatoms. The number of ketones is 1. The van der Waals surface area contributed by atoms with Crippen molar-refractivity contribution in [3.05, 3.63) is 57.3 Å². The molecule has 24 heavy (non-hydrogen) atoms. The maximum atomic E-state index is 12.2. The molecule has 0 saturated carbocycles. The van der Waals surface area contributed by atoms with Crippen molar-refractivity contribution >= 4 is 27.7 Å². The van der Waals surface area contributed by atoms with Crippen molar-refractivity contribution in [1.29, 1.82) is 0 Å². The number of carboxylic acid groups (broad SMARTS) is 1. The number of methoxy groups -OCH3 is 2. The number of aliphatic carboxylic acids is 1. The van der Waals surface area contributed by atoms with Crippen molar-refractivity contribution in [1.82, 2.24) is 0 Å². The zero-order valence-electron chi connectivity index (χ0n) is 12.8. The molecule has 0 radical (unpaired) electrons. The molecule has 3 rings (SSSR count). The van der Waals surface area contributed by atoms with Crippen LogP contribution in [-0.2, 0) is 14.3 Å². The predicted octanol–water partition coefficient (Wildman–Crippen LogP) is 2.90. The molecule has 1 unspecified atom stereocenters. The monoisotopic (exact) mass is 392 g/mol. The number of carbonyl (C=O) groups excluding carboxylic acids is 1. The van der Waals surface area contributed by atoms with E-state index in [1.807, 2.05) is 0 Å². The summed E-state index contributed by atoms with van der Waals surface area (Å²) in [7, 11) is 3.00. The largest absolute Gasteiger partial charge is 0.493 e. The van der Waals surface area contributed by atoms with Crippen molar-refractivity contribution in [3.8, 4) is 11.5 Å². The number of allylic oxidation sites excluding steroid dienone is 4. The zero-order chi connectivity index (χ0) is 17.4. The Kier molecular flexibility index (Phi) is 4.19. The van der Waals surface area contributed by atoms with E-state index in [1.165, 1.54) is 20.3 Å². The molecule has 1 atom stereocenters. The normalized spacial score (nSPS) is 19.3. The Morgan fingerprint density at radius 2 is 1.92 bits per heavy atom. The average Bonchev–Trinajstić information content (AvgIpc) is 2.93. The highest BCUT2D eigenvalue weighted by Gasteiger charge is 2.40. The maximum absolute atomic E-state index is 12.2. The molecule has 0 amide bonds. The van der Waals surface area contributed by atoms with E-state index in [0.717, 1.165) is 0 Å². The Balaban J connectivity index is 2.12. The van der Waals surface area contributed by atoms with Gasteiger partial charge >= 0.3 is 5.97 Å². The molecule has 1 aromatic rings. The van der Waals surface area contributed by atoms with Gasteiger partial charge in [0.25, 0.3) is 0 Å². The fourth-order valence-corrected chi connectivity index (χ4v) is 3.12. The Morgan fingerprint density at radius 3 is 2.54 bits per heavy atom. The van der Waals surface area contributed by atoms with Gasteiger partial charge < -0.3 is 19.3 Å². The van der Waals surface area contributed by atoms with E-state index in [0.29, 0.717) is 21.5 Å². The van der Waals surface area contributed by atoms with Gasteiger partial charge in [-0.3, -0.25) is 4.79 Å². The summed E-state index contributed by atoms with van der Waals surface area (Å²) in [5.74, 6) is -0.400. The van der Waals surface area contributed by atoms with Gasteiger partial charge in [-0.2, -0.15) is 0 Å². The first kappa shape index (κ1) is 16.3. The first-order valence-corrected chi connectivity index (χ1v) is 7.75. The minimum absolute atomic E-state index is 0.0745. The summed E-state index contributed by atoms with van der Waals surface area (Å²) in [6.45, 7) is 0. The van der Waals surface area contributed by atoms with Crippen molar-refractivity contribution in [2.75, 3.05) is 14.2 Å². The molecule has 6 nitrogen and oxygen atoms in total. The van der Waals surface area contributed by atoms with Gasteiger partial charge in [-0.1, -0.05) is 22.0 Å². The fourth-order valence-electron chi connectivity index (χ4n) is 2.70. The Bertz CT molecular complexity index is 833. The molecule has 1 heterocycles. The van der Waals surface area contributed by atoms with E-state index in [9.17, 15) is 14.7 Å². The van der Waals surface area contributed by atoms with Crippen LogP contribution < -0.4 is 9.47 Å².